The van der Waals surface area contributed by atoms with E-state index < -0.39 is 5.97 Å². The van der Waals surface area contributed by atoms with Crippen molar-refractivity contribution in [3.05, 3.63) is 0 Å². The summed E-state index contributed by atoms with van der Waals surface area (Å²) in [6.07, 6.45) is 5.35. The largest absolute Gasteiger partial charge is 0.481 e. The summed E-state index contributed by atoms with van der Waals surface area (Å²) in [7, 11) is 0. The summed E-state index contributed by atoms with van der Waals surface area (Å²) in [5.41, 5.74) is 0. The van der Waals surface area contributed by atoms with Gasteiger partial charge in [-0.2, -0.15) is 0 Å². The monoisotopic (exact) mass is 281 g/mol. The minimum absolute atomic E-state index is 0.0468. The summed E-state index contributed by atoms with van der Waals surface area (Å²) >= 11 is 0. The summed E-state index contributed by atoms with van der Waals surface area (Å²) in [6, 6.07) is 0.178. The third-order valence-corrected chi connectivity index (χ3v) is 5.17. The number of hydrogen-bond donors (Lipinski definition) is 1. The van der Waals surface area contributed by atoms with E-state index in [0.717, 1.165) is 12.8 Å². The number of rotatable bonds is 5. The van der Waals surface area contributed by atoms with Crippen LogP contribution in [0.25, 0.3) is 0 Å². The van der Waals surface area contributed by atoms with Gasteiger partial charge in [-0.05, 0) is 37.5 Å². The van der Waals surface area contributed by atoms with E-state index in [1.807, 2.05) is 4.90 Å². The highest BCUT2D eigenvalue weighted by Gasteiger charge is 2.57. The van der Waals surface area contributed by atoms with Crippen LogP contribution in [0.2, 0.25) is 0 Å². The van der Waals surface area contributed by atoms with Crippen molar-refractivity contribution in [1.29, 1.82) is 0 Å². The van der Waals surface area contributed by atoms with Crippen LogP contribution in [0.5, 0.6) is 0 Å². The molecule has 112 valence electrons. The average molecular weight is 281 g/mol. The SMILES string of the molecule is O=C(O)CCN(C(=O)C1[C@H]2CCC[C@@H]12)C1CCOCC1. The van der Waals surface area contributed by atoms with Crippen molar-refractivity contribution in [2.45, 2.75) is 44.6 Å². The first kappa shape index (κ1) is 13.9. The fourth-order valence-corrected chi connectivity index (χ4v) is 4.06. The highest BCUT2D eigenvalue weighted by atomic mass is 16.5. The second kappa shape index (κ2) is 5.72. The molecular formula is C15H23NO4. The zero-order valence-electron chi connectivity index (χ0n) is 11.8. The van der Waals surface area contributed by atoms with Gasteiger partial charge in [-0.1, -0.05) is 6.42 Å². The van der Waals surface area contributed by atoms with Crippen molar-refractivity contribution in [3.63, 3.8) is 0 Å². The van der Waals surface area contributed by atoms with E-state index in [1.165, 1.54) is 19.3 Å². The second-order valence-corrected chi connectivity index (χ2v) is 6.30. The Morgan fingerprint density at radius 2 is 1.75 bits per heavy atom. The van der Waals surface area contributed by atoms with Crippen LogP contribution in [0, 0.1) is 17.8 Å². The number of carboxylic acid groups (broad SMARTS) is 1. The fraction of sp³-hybridized carbons (Fsp3) is 0.867. The van der Waals surface area contributed by atoms with Crippen LogP contribution in [-0.2, 0) is 14.3 Å². The molecule has 1 unspecified atom stereocenters. The predicted molar refractivity (Wildman–Crippen MR) is 72.1 cm³/mol. The Kier molecular flexibility index (Phi) is 3.96. The van der Waals surface area contributed by atoms with Gasteiger partial charge in [-0.3, -0.25) is 9.59 Å². The molecule has 1 saturated heterocycles. The number of carboxylic acids is 1. The Morgan fingerprint density at radius 1 is 1.10 bits per heavy atom. The molecular weight excluding hydrogens is 258 g/mol. The minimum atomic E-state index is -0.828. The standard InChI is InChI=1S/C15H23NO4/c17-13(18)4-7-16(10-5-8-20-9-6-10)15(19)14-11-2-1-3-12(11)14/h10-12,14H,1-9H2,(H,17,18)/t11-,12+,14?. The van der Waals surface area contributed by atoms with Crippen molar-refractivity contribution in [1.82, 2.24) is 4.90 Å². The molecule has 3 atom stereocenters. The molecule has 3 rings (SSSR count). The van der Waals surface area contributed by atoms with Gasteiger partial charge in [0.25, 0.3) is 0 Å². The lowest BCUT2D eigenvalue weighted by Gasteiger charge is -2.34. The van der Waals surface area contributed by atoms with Crippen molar-refractivity contribution in [2.24, 2.45) is 17.8 Å². The van der Waals surface area contributed by atoms with Crippen LogP contribution in [-0.4, -0.2) is 47.7 Å². The molecule has 2 aliphatic carbocycles. The molecule has 3 aliphatic rings. The number of amides is 1. The molecule has 0 aromatic carbocycles. The van der Waals surface area contributed by atoms with Crippen LogP contribution in [0.1, 0.15) is 38.5 Å². The maximum atomic E-state index is 12.7. The number of carbonyl (C=O) groups excluding carboxylic acids is 1. The maximum Gasteiger partial charge on any atom is 0.305 e. The van der Waals surface area contributed by atoms with Gasteiger partial charge in [0.2, 0.25) is 5.91 Å². The van der Waals surface area contributed by atoms with E-state index in [2.05, 4.69) is 0 Å². The number of ether oxygens (including phenoxy) is 1. The van der Waals surface area contributed by atoms with Crippen LogP contribution in [0.4, 0.5) is 0 Å². The molecule has 20 heavy (non-hydrogen) atoms. The van der Waals surface area contributed by atoms with Gasteiger partial charge in [0.05, 0.1) is 6.42 Å². The highest BCUT2D eigenvalue weighted by molar-refractivity contribution is 5.83. The van der Waals surface area contributed by atoms with Gasteiger partial charge in [0.1, 0.15) is 0 Å². The smallest absolute Gasteiger partial charge is 0.305 e. The number of nitrogens with zero attached hydrogens (tertiary/aromatic N) is 1. The molecule has 1 amide bonds. The zero-order valence-corrected chi connectivity index (χ0v) is 11.8. The molecule has 1 N–H and O–H groups in total. The van der Waals surface area contributed by atoms with E-state index in [1.54, 1.807) is 0 Å². The quantitative estimate of drug-likeness (QED) is 0.829. The molecule has 2 saturated carbocycles. The van der Waals surface area contributed by atoms with Gasteiger partial charge in [0, 0.05) is 31.7 Å². The van der Waals surface area contributed by atoms with Crippen LogP contribution < -0.4 is 0 Å². The molecule has 3 fully saturated rings. The first-order chi connectivity index (χ1) is 9.68. The van der Waals surface area contributed by atoms with Crippen molar-refractivity contribution >= 4 is 11.9 Å². The molecule has 0 aromatic rings. The Labute approximate surface area is 119 Å². The van der Waals surface area contributed by atoms with E-state index >= 15 is 0 Å². The predicted octanol–water partition coefficient (Wildman–Crippen LogP) is 1.51. The number of aliphatic carboxylic acids is 1. The van der Waals surface area contributed by atoms with Crippen molar-refractivity contribution in [2.75, 3.05) is 19.8 Å². The van der Waals surface area contributed by atoms with Gasteiger partial charge in [-0.25, -0.2) is 0 Å². The lowest BCUT2D eigenvalue weighted by atomic mass is 10.0. The number of carbonyl (C=O) groups is 2. The maximum absolute atomic E-state index is 12.7. The van der Waals surface area contributed by atoms with E-state index in [0.29, 0.717) is 31.6 Å². The van der Waals surface area contributed by atoms with E-state index in [-0.39, 0.29) is 24.3 Å². The Balaban J connectivity index is 1.64. The molecule has 0 spiro atoms. The van der Waals surface area contributed by atoms with Crippen LogP contribution in [0.15, 0.2) is 0 Å². The molecule has 0 aromatic heterocycles. The molecule has 1 heterocycles. The third kappa shape index (κ3) is 2.68. The Bertz CT molecular complexity index is 381. The summed E-state index contributed by atoms with van der Waals surface area (Å²) in [4.78, 5) is 25.4. The van der Waals surface area contributed by atoms with Gasteiger partial charge >= 0.3 is 5.97 Å². The summed E-state index contributed by atoms with van der Waals surface area (Å²) in [5.74, 6) is 0.767. The minimum Gasteiger partial charge on any atom is -0.481 e. The lowest BCUT2D eigenvalue weighted by Crippen LogP contribution is -2.45. The second-order valence-electron chi connectivity index (χ2n) is 6.30. The van der Waals surface area contributed by atoms with E-state index in [4.69, 9.17) is 9.84 Å². The lowest BCUT2D eigenvalue weighted by molar-refractivity contribution is -0.141. The number of fused-ring (bicyclic) bond motifs is 1. The molecule has 0 radical (unpaired) electrons. The van der Waals surface area contributed by atoms with Gasteiger partial charge < -0.3 is 14.7 Å². The van der Waals surface area contributed by atoms with Crippen molar-refractivity contribution in [3.8, 4) is 0 Å². The Morgan fingerprint density at radius 3 is 2.35 bits per heavy atom. The topological polar surface area (TPSA) is 66.8 Å². The van der Waals surface area contributed by atoms with Gasteiger partial charge in [-0.15, -0.1) is 0 Å². The summed E-state index contributed by atoms with van der Waals surface area (Å²) < 4.78 is 5.35. The van der Waals surface area contributed by atoms with Gasteiger partial charge in [0.15, 0.2) is 0 Å². The first-order valence-corrected chi connectivity index (χ1v) is 7.78. The third-order valence-electron chi connectivity index (χ3n) is 5.17. The fourth-order valence-electron chi connectivity index (χ4n) is 4.06. The number of hydrogen-bond acceptors (Lipinski definition) is 3. The normalized spacial score (nSPS) is 32.7. The molecule has 5 heteroatoms. The average Bonchev–Trinajstić information content (AvgIpc) is 2.92. The molecule has 1 aliphatic heterocycles. The Hall–Kier alpha value is -1.10. The zero-order chi connectivity index (χ0) is 14.1. The summed E-state index contributed by atoms with van der Waals surface area (Å²) in [5, 5.41) is 8.90. The van der Waals surface area contributed by atoms with Crippen molar-refractivity contribution < 1.29 is 19.4 Å². The van der Waals surface area contributed by atoms with E-state index in [9.17, 15) is 9.59 Å². The highest BCUT2D eigenvalue weighted by Crippen LogP contribution is 2.58. The first-order valence-electron chi connectivity index (χ1n) is 7.78. The molecule has 5 nitrogen and oxygen atoms in total. The van der Waals surface area contributed by atoms with Crippen LogP contribution in [0.3, 0.4) is 0 Å². The summed E-state index contributed by atoms with van der Waals surface area (Å²) in [6.45, 7) is 1.72. The molecule has 0 bridgehead atoms. The van der Waals surface area contributed by atoms with Crippen LogP contribution >= 0.6 is 0 Å².